The molecule has 0 fully saturated rings. The molecule has 0 saturated carbocycles. The molecule has 0 aliphatic rings. The number of hydrogen-bond donors (Lipinski definition) is 1. The lowest BCUT2D eigenvalue weighted by molar-refractivity contribution is 0.0984. The van der Waals surface area contributed by atoms with Gasteiger partial charge in [0.05, 0.1) is 12.1 Å². The van der Waals surface area contributed by atoms with Gasteiger partial charge in [-0.25, -0.2) is 0 Å². The molecule has 0 aliphatic carbocycles. The van der Waals surface area contributed by atoms with E-state index < -0.39 is 0 Å². The summed E-state index contributed by atoms with van der Waals surface area (Å²) in [5, 5.41) is 0.934. The quantitative estimate of drug-likeness (QED) is 0.543. The first-order chi connectivity index (χ1) is 14.4. The summed E-state index contributed by atoms with van der Waals surface area (Å²) in [4.78, 5) is 34.8. The number of fused-ring (bicyclic) bond motifs is 1. The summed E-state index contributed by atoms with van der Waals surface area (Å²) in [6, 6.07) is 17.1. The van der Waals surface area contributed by atoms with Crippen molar-refractivity contribution in [3.8, 4) is 0 Å². The third-order valence-electron chi connectivity index (χ3n) is 5.36. The molecule has 0 aliphatic heterocycles. The van der Waals surface area contributed by atoms with Gasteiger partial charge in [-0.3, -0.25) is 14.6 Å². The Balaban J connectivity index is 1.80. The first-order valence-electron chi connectivity index (χ1n) is 9.84. The summed E-state index contributed by atoms with van der Waals surface area (Å²) in [5.74, 6) is -0.199. The summed E-state index contributed by atoms with van der Waals surface area (Å²) in [5.41, 5.74) is 5.65. The molecule has 4 aromatic rings. The molecule has 2 heterocycles. The molecular weight excluding hydrogens is 374 g/mol. The Hall–Kier alpha value is -3.73. The van der Waals surface area contributed by atoms with Crippen LogP contribution in [0.25, 0.3) is 10.9 Å². The minimum Gasteiger partial charge on any atom is -0.322 e. The second-order valence-corrected chi connectivity index (χ2v) is 7.62. The number of aromatic nitrogens is 2. The van der Waals surface area contributed by atoms with Crippen molar-refractivity contribution in [2.75, 3.05) is 4.90 Å². The zero-order valence-electron chi connectivity index (χ0n) is 17.3. The van der Waals surface area contributed by atoms with E-state index in [1.165, 1.54) is 0 Å². The largest absolute Gasteiger partial charge is 0.322 e. The topological polar surface area (TPSA) is 66.1 Å². The lowest BCUT2D eigenvalue weighted by Crippen LogP contribution is -2.33. The number of nitrogens with zero attached hydrogens (tertiary/aromatic N) is 2. The van der Waals surface area contributed by atoms with Gasteiger partial charge in [-0.15, -0.1) is 0 Å². The highest BCUT2D eigenvalue weighted by atomic mass is 16.2. The van der Waals surface area contributed by atoms with E-state index in [-0.39, 0.29) is 18.0 Å². The van der Waals surface area contributed by atoms with Crippen molar-refractivity contribution < 1.29 is 4.79 Å². The summed E-state index contributed by atoms with van der Waals surface area (Å²) >= 11 is 0. The first kappa shape index (κ1) is 19.6. The number of pyridine rings is 2. The summed E-state index contributed by atoms with van der Waals surface area (Å²) in [6.45, 7) is 6.19. The van der Waals surface area contributed by atoms with Gasteiger partial charge in [0.2, 0.25) is 0 Å². The van der Waals surface area contributed by atoms with Gasteiger partial charge < -0.3 is 9.88 Å². The molecule has 0 atom stereocenters. The Morgan fingerprint density at radius 2 is 1.83 bits per heavy atom. The number of aryl methyl sites for hydroxylation is 3. The van der Waals surface area contributed by atoms with Crippen LogP contribution in [0.3, 0.4) is 0 Å². The fourth-order valence-electron chi connectivity index (χ4n) is 3.47. The van der Waals surface area contributed by atoms with Gasteiger partial charge in [0.25, 0.3) is 11.5 Å². The lowest BCUT2D eigenvalue weighted by Gasteiger charge is -2.24. The molecule has 30 heavy (non-hydrogen) atoms. The predicted molar refractivity (Wildman–Crippen MR) is 120 cm³/mol. The highest BCUT2D eigenvalue weighted by molar-refractivity contribution is 6.05. The van der Waals surface area contributed by atoms with E-state index in [9.17, 15) is 9.59 Å². The number of nitrogens with one attached hydrogen (secondary N) is 1. The van der Waals surface area contributed by atoms with E-state index in [1.54, 1.807) is 29.4 Å². The number of aromatic amines is 1. The van der Waals surface area contributed by atoms with Crippen molar-refractivity contribution >= 4 is 22.5 Å². The number of anilines is 1. The molecule has 2 aromatic carbocycles. The average molecular weight is 397 g/mol. The summed E-state index contributed by atoms with van der Waals surface area (Å²) in [7, 11) is 0. The smallest absolute Gasteiger partial charge is 0.260 e. The molecule has 0 bridgehead atoms. The summed E-state index contributed by atoms with van der Waals surface area (Å²) < 4.78 is 0. The molecule has 0 spiro atoms. The van der Waals surface area contributed by atoms with Gasteiger partial charge in [-0.1, -0.05) is 18.2 Å². The van der Waals surface area contributed by atoms with Crippen LogP contribution < -0.4 is 10.5 Å². The number of amides is 1. The van der Waals surface area contributed by atoms with Crippen LogP contribution in [-0.2, 0) is 6.54 Å². The fraction of sp³-hybridized carbons (Fsp3) is 0.160. The molecule has 2 aromatic heterocycles. The molecule has 1 N–H and O–H groups in total. The van der Waals surface area contributed by atoms with Crippen molar-refractivity contribution in [2.45, 2.75) is 27.3 Å². The predicted octanol–water partition coefficient (Wildman–Crippen LogP) is 4.70. The summed E-state index contributed by atoms with van der Waals surface area (Å²) in [6.07, 6.45) is 3.18. The monoisotopic (exact) mass is 397 g/mol. The molecule has 1 amide bonds. The molecule has 5 heteroatoms. The zero-order chi connectivity index (χ0) is 21.3. The standard InChI is InChI=1S/C25H23N3O2/c1-16-6-8-19-13-21(24(29)27-23(19)11-16)15-28(22-9-7-17(2)18(3)12-22)25(30)20-5-4-10-26-14-20/h4-14H,15H2,1-3H3,(H,27,29). The maximum atomic E-state index is 13.3. The maximum absolute atomic E-state index is 13.3. The van der Waals surface area contributed by atoms with Crippen molar-refractivity contribution in [1.29, 1.82) is 0 Å². The minimum absolute atomic E-state index is 0.162. The van der Waals surface area contributed by atoms with Crippen LogP contribution in [0, 0.1) is 20.8 Å². The number of carbonyl (C=O) groups is 1. The Morgan fingerprint density at radius 3 is 2.57 bits per heavy atom. The van der Waals surface area contributed by atoms with E-state index >= 15 is 0 Å². The molecular formula is C25H23N3O2. The second-order valence-electron chi connectivity index (χ2n) is 7.62. The van der Waals surface area contributed by atoms with Crippen molar-refractivity contribution in [3.63, 3.8) is 0 Å². The second kappa shape index (κ2) is 7.95. The van der Waals surface area contributed by atoms with Gasteiger partial charge >= 0.3 is 0 Å². The van der Waals surface area contributed by atoms with E-state index in [4.69, 9.17) is 0 Å². The third kappa shape index (κ3) is 3.87. The normalized spacial score (nSPS) is 10.9. The van der Waals surface area contributed by atoms with E-state index in [2.05, 4.69) is 9.97 Å². The van der Waals surface area contributed by atoms with Gasteiger partial charge in [-0.05, 0) is 79.2 Å². The van der Waals surface area contributed by atoms with Crippen LogP contribution >= 0.6 is 0 Å². The fourth-order valence-corrected chi connectivity index (χ4v) is 3.47. The molecule has 0 unspecified atom stereocenters. The van der Waals surface area contributed by atoms with Crippen LogP contribution in [0.2, 0.25) is 0 Å². The van der Waals surface area contributed by atoms with E-state index in [0.29, 0.717) is 11.1 Å². The molecule has 0 radical (unpaired) electrons. The van der Waals surface area contributed by atoms with Gasteiger partial charge in [0.1, 0.15) is 0 Å². The Bertz CT molecular complexity index is 1290. The number of hydrogen-bond acceptors (Lipinski definition) is 3. The Labute approximate surface area is 175 Å². The highest BCUT2D eigenvalue weighted by Crippen LogP contribution is 2.23. The van der Waals surface area contributed by atoms with Crippen LogP contribution in [0.5, 0.6) is 0 Å². The van der Waals surface area contributed by atoms with Crippen LogP contribution in [0.4, 0.5) is 5.69 Å². The van der Waals surface area contributed by atoms with Crippen molar-refractivity contribution in [3.05, 3.63) is 105 Å². The minimum atomic E-state index is -0.199. The Kier molecular flexibility index (Phi) is 5.19. The first-order valence-corrected chi connectivity index (χ1v) is 9.84. The van der Waals surface area contributed by atoms with E-state index in [0.717, 1.165) is 33.3 Å². The SMILES string of the molecule is Cc1ccc2cc(CN(C(=O)c3cccnc3)c3ccc(C)c(C)c3)c(=O)[nH]c2c1. The number of carbonyl (C=O) groups excluding carboxylic acids is 1. The van der Waals surface area contributed by atoms with Gasteiger partial charge in [-0.2, -0.15) is 0 Å². The molecule has 150 valence electrons. The highest BCUT2D eigenvalue weighted by Gasteiger charge is 2.20. The third-order valence-corrected chi connectivity index (χ3v) is 5.36. The van der Waals surface area contributed by atoms with Crippen molar-refractivity contribution in [2.24, 2.45) is 0 Å². The Morgan fingerprint density at radius 1 is 1.00 bits per heavy atom. The van der Waals surface area contributed by atoms with Crippen LogP contribution in [0.15, 0.2) is 71.8 Å². The zero-order valence-corrected chi connectivity index (χ0v) is 17.3. The van der Waals surface area contributed by atoms with Gasteiger partial charge in [0.15, 0.2) is 0 Å². The lowest BCUT2D eigenvalue weighted by atomic mass is 10.1. The van der Waals surface area contributed by atoms with Crippen LogP contribution in [-0.4, -0.2) is 15.9 Å². The number of H-pyrrole nitrogens is 1. The van der Waals surface area contributed by atoms with Crippen molar-refractivity contribution in [1.82, 2.24) is 9.97 Å². The number of rotatable bonds is 4. The average Bonchev–Trinajstić information content (AvgIpc) is 2.74. The molecule has 5 nitrogen and oxygen atoms in total. The molecule has 0 saturated heterocycles. The molecule has 4 rings (SSSR count). The maximum Gasteiger partial charge on any atom is 0.260 e. The van der Waals surface area contributed by atoms with Gasteiger partial charge in [0, 0.05) is 29.2 Å². The van der Waals surface area contributed by atoms with Crippen LogP contribution in [0.1, 0.15) is 32.6 Å². The number of benzene rings is 2. The van der Waals surface area contributed by atoms with E-state index in [1.807, 2.05) is 63.2 Å².